The molecule has 0 aliphatic rings. The molecule has 4 rings (SSSR count). The van der Waals surface area contributed by atoms with Gasteiger partial charge in [-0.1, -0.05) is 23.7 Å². The van der Waals surface area contributed by atoms with E-state index in [0.29, 0.717) is 21.9 Å². The maximum atomic E-state index is 12.9. The van der Waals surface area contributed by atoms with Crippen molar-refractivity contribution in [2.45, 2.75) is 0 Å². The topological polar surface area (TPSA) is 74.3 Å². The number of carbonyl (C=O) groups is 1. The highest BCUT2D eigenvalue weighted by Gasteiger charge is 2.17. The van der Waals surface area contributed by atoms with E-state index >= 15 is 0 Å². The van der Waals surface area contributed by atoms with Crippen molar-refractivity contribution in [3.63, 3.8) is 0 Å². The van der Waals surface area contributed by atoms with E-state index in [-0.39, 0.29) is 11.6 Å². The van der Waals surface area contributed by atoms with E-state index in [4.69, 9.17) is 16.9 Å². The van der Waals surface area contributed by atoms with Gasteiger partial charge in [-0.05, 0) is 36.4 Å². The number of carbonyl (C=O) groups excluding carboxylic acids is 1. The van der Waals surface area contributed by atoms with Crippen molar-refractivity contribution in [3.05, 3.63) is 83.4 Å². The number of halogens is 1. The van der Waals surface area contributed by atoms with E-state index in [1.54, 1.807) is 49.9 Å². The number of fused-ring (bicyclic) bond motifs is 1. The second-order valence-electron chi connectivity index (χ2n) is 6.17. The summed E-state index contributed by atoms with van der Waals surface area (Å²) < 4.78 is 1.83. The molecule has 136 valence electrons. The number of hydrogen-bond acceptors (Lipinski definition) is 4. The number of amides is 1. The quantitative estimate of drug-likeness (QED) is 0.528. The van der Waals surface area contributed by atoms with Crippen LogP contribution in [0.25, 0.3) is 16.9 Å². The second kappa shape index (κ2) is 7.14. The van der Waals surface area contributed by atoms with Crippen LogP contribution in [0.5, 0.6) is 0 Å². The fourth-order valence-electron chi connectivity index (χ4n) is 2.88. The largest absolute Gasteiger partial charge is 0.310 e. The smallest absolute Gasteiger partial charge is 0.278 e. The summed E-state index contributed by atoms with van der Waals surface area (Å²) in [7, 11) is 1.67. The number of benzene rings is 2. The van der Waals surface area contributed by atoms with Crippen molar-refractivity contribution in [1.82, 2.24) is 14.4 Å². The van der Waals surface area contributed by atoms with Gasteiger partial charge in [0.25, 0.3) is 5.91 Å². The maximum absolute atomic E-state index is 12.9. The predicted octanol–water partition coefficient (Wildman–Crippen LogP) is 4.20. The molecule has 0 fully saturated rings. The molecule has 2 aromatic carbocycles. The first-order valence-electron chi connectivity index (χ1n) is 8.44. The minimum absolute atomic E-state index is 0.262. The van der Waals surface area contributed by atoms with E-state index in [1.165, 1.54) is 4.90 Å². The average molecular weight is 388 g/mol. The van der Waals surface area contributed by atoms with Crippen LogP contribution in [0.1, 0.15) is 16.1 Å². The Morgan fingerprint density at radius 2 is 1.79 bits per heavy atom. The molecular weight excluding hydrogens is 374 g/mol. The van der Waals surface area contributed by atoms with Crippen LogP contribution in [-0.4, -0.2) is 27.3 Å². The van der Waals surface area contributed by atoms with Gasteiger partial charge in [-0.2, -0.15) is 5.26 Å². The number of rotatable bonds is 3. The molecular formula is C21H14ClN5O. The van der Waals surface area contributed by atoms with Crippen LogP contribution in [0.15, 0.2) is 67.1 Å². The molecule has 0 N–H and O–H groups in total. The van der Waals surface area contributed by atoms with Crippen molar-refractivity contribution in [1.29, 1.82) is 5.26 Å². The van der Waals surface area contributed by atoms with Gasteiger partial charge in [0.2, 0.25) is 0 Å². The van der Waals surface area contributed by atoms with E-state index in [1.807, 2.05) is 28.7 Å². The van der Waals surface area contributed by atoms with Crippen molar-refractivity contribution in [3.8, 4) is 17.3 Å². The van der Waals surface area contributed by atoms with Crippen LogP contribution in [-0.2, 0) is 0 Å². The van der Waals surface area contributed by atoms with Gasteiger partial charge in [0, 0.05) is 29.5 Å². The minimum Gasteiger partial charge on any atom is -0.310 e. The molecule has 0 aliphatic carbocycles. The van der Waals surface area contributed by atoms with Gasteiger partial charge in [0.1, 0.15) is 5.69 Å². The van der Waals surface area contributed by atoms with Gasteiger partial charge in [0.15, 0.2) is 5.65 Å². The molecule has 0 saturated carbocycles. The monoisotopic (exact) mass is 387 g/mol. The number of nitriles is 1. The van der Waals surface area contributed by atoms with Gasteiger partial charge < -0.3 is 4.90 Å². The van der Waals surface area contributed by atoms with Crippen LogP contribution in [0.4, 0.5) is 5.69 Å². The fourth-order valence-corrected chi connectivity index (χ4v) is 3.01. The summed E-state index contributed by atoms with van der Waals surface area (Å²) in [6, 6.07) is 16.3. The number of imidazole rings is 1. The molecule has 4 aromatic rings. The summed E-state index contributed by atoms with van der Waals surface area (Å²) in [6.45, 7) is 0. The molecule has 0 atom stereocenters. The Bertz CT molecular complexity index is 1210. The highest BCUT2D eigenvalue weighted by molar-refractivity contribution is 6.30. The zero-order valence-electron chi connectivity index (χ0n) is 14.9. The number of hydrogen-bond donors (Lipinski definition) is 0. The highest BCUT2D eigenvalue weighted by Crippen LogP contribution is 2.23. The van der Waals surface area contributed by atoms with Crippen LogP contribution < -0.4 is 4.90 Å². The molecule has 0 unspecified atom stereocenters. The summed E-state index contributed by atoms with van der Waals surface area (Å²) in [5, 5.41) is 9.57. The maximum Gasteiger partial charge on any atom is 0.278 e. The first-order valence-corrected chi connectivity index (χ1v) is 8.82. The SMILES string of the molecule is CN(C(=O)c1cn2c(-c3ccc(Cl)cc3)cnc2cn1)c1ccc(C#N)cc1. The Labute approximate surface area is 166 Å². The molecule has 0 bridgehead atoms. The summed E-state index contributed by atoms with van der Waals surface area (Å²) in [5.41, 5.74) is 3.91. The van der Waals surface area contributed by atoms with Crippen molar-refractivity contribution in [2.24, 2.45) is 0 Å². The van der Waals surface area contributed by atoms with Crippen molar-refractivity contribution in [2.75, 3.05) is 11.9 Å². The van der Waals surface area contributed by atoms with Crippen molar-refractivity contribution >= 4 is 28.8 Å². The zero-order chi connectivity index (χ0) is 19.7. The summed E-state index contributed by atoms with van der Waals surface area (Å²) >= 11 is 5.97. The Morgan fingerprint density at radius 1 is 1.07 bits per heavy atom. The standard InChI is InChI=1S/C21H14ClN5O/c1-26(17-8-2-14(10-23)3-9-17)21(28)18-13-27-19(11-25-20(27)12-24-18)15-4-6-16(22)7-5-15/h2-9,11-13H,1H3. The summed E-state index contributed by atoms with van der Waals surface area (Å²) in [4.78, 5) is 23.0. The third-order valence-corrected chi connectivity index (χ3v) is 4.70. The lowest BCUT2D eigenvalue weighted by Gasteiger charge is -2.17. The Kier molecular flexibility index (Phi) is 4.52. The second-order valence-corrected chi connectivity index (χ2v) is 6.61. The van der Waals surface area contributed by atoms with E-state index in [0.717, 1.165) is 11.3 Å². The van der Waals surface area contributed by atoms with Gasteiger partial charge in [-0.3, -0.25) is 9.20 Å². The first kappa shape index (κ1) is 17.7. The molecule has 0 spiro atoms. The molecule has 2 heterocycles. The highest BCUT2D eigenvalue weighted by atomic mass is 35.5. The van der Waals surface area contributed by atoms with Gasteiger partial charge >= 0.3 is 0 Å². The molecule has 0 radical (unpaired) electrons. The minimum atomic E-state index is -0.262. The molecule has 2 aromatic heterocycles. The lowest BCUT2D eigenvalue weighted by atomic mass is 10.2. The summed E-state index contributed by atoms with van der Waals surface area (Å²) in [6.07, 6.45) is 4.98. The molecule has 6 nitrogen and oxygen atoms in total. The Balaban J connectivity index is 1.70. The third-order valence-electron chi connectivity index (χ3n) is 4.44. The molecule has 1 amide bonds. The van der Waals surface area contributed by atoms with E-state index < -0.39 is 0 Å². The van der Waals surface area contributed by atoms with Gasteiger partial charge in [-0.15, -0.1) is 0 Å². The van der Waals surface area contributed by atoms with Gasteiger partial charge in [-0.25, -0.2) is 9.97 Å². The predicted molar refractivity (Wildman–Crippen MR) is 107 cm³/mol. The summed E-state index contributed by atoms with van der Waals surface area (Å²) in [5.74, 6) is -0.262. The molecule has 7 heteroatoms. The zero-order valence-corrected chi connectivity index (χ0v) is 15.6. The average Bonchev–Trinajstić information content (AvgIpc) is 3.16. The number of aromatic nitrogens is 3. The lowest BCUT2D eigenvalue weighted by Crippen LogP contribution is -2.27. The van der Waals surface area contributed by atoms with Crippen molar-refractivity contribution < 1.29 is 4.79 Å². The van der Waals surface area contributed by atoms with Crippen LogP contribution >= 0.6 is 11.6 Å². The van der Waals surface area contributed by atoms with E-state index in [9.17, 15) is 4.79 Å². The lowest BCUT2D eigenvalue weighted by molar-refractivity contribution is 0.0988. The molecule has 0 aliphatic heterocycles. The Hall–Kier alpha value is -3.69. The first-order chi connectivity index (χ1) is 13.6. The number of nitrogens with zero attached hydrogens (tertiary/aromatic N) is 5. The Morgan fingerprint density at radius 3 is 2.46 bits per heavy atom. The number of anilines is 1. The normalized spacial score (nSPS) is 10.6. The molecule has 28 heavy (non-hydrogen) atoms. The van der Waals surface area contributed by atoms with Crippen LogP contribution in [0, 0.1) is 11.3 Å². The van der Waals surface area contributed by atoms with E-state index in [2.05, 4.69) is 16.0 Å². The van der Waals surface area contributed by atoms with Crippen LogP contribution in [0.2, 0.25) is 5.02 Å². The van der Waals surface area contributed by atoms with Gasteiger partial charge in [0.05, 0.1) is 29.7 Å². The fraction of sp³-hybridized carbons (Fsp3) is 0.0476. The third kappa shape index (κ3) is 3.20. The van der Waals surface area contributed by atoms with Crippen LogP contribution in [0.3, 0.4) is 0 Å². The molecule has 0 saturated heterocycles.